The number of benzene rings is 1. The number of nitrogens with zero attached hydrogens (tertiary/aromatic N) is 1. The summed E-state index contributed by atoms with van der Waals surface area (Å²) in [5, 5.41) is 0. The lowest BCUT2D eigenvalue weighted by Gasteiger charge is -2.38. The van der Waals surface area contributed by atoms with Crippen LogP contribution in [0.4, 0.5) is 0 Å². The SMILES string of the molecule is Cl.NCC1(C(=O)N2CCC(c3ccccc3)CC2)CCCC1. The molecule has 1 aliphatic carbocycles. The maximum absolute atomic E-state index is 12.8. The molecule has 0 radical (unpaired) electrons. The van der Waals surface area contributed by atoms with Crippen LogP contribution < -0.4 is 5.73 Å². The molecule has 2 aliphatic rings. The second kappa shape index (κ2) is 7.47. The van der Waals surface area contributed by atoms with Crippen LogP contribution >= 0.6 is 12.4 Å². The van der Waals surface area contributed by atoms with Gasteiger partial charge >= 0.3 is 0 Å². The van der Waals surface area contributed by atoms with Gasteiger partial charge in [0.05, 0.1) is 5.41 Å². The van der Waals surface area contributed by atoms with Crippen molar-refractivity contribution in [3.05, 3.63) is 35.9 Å². The molecule has 4 heteroatoms. The maximum atomic E-state index is 12.8. The fourth-order valence-corrected chi connectivity index (χ4v) is 4.03. The third-order valence-corrected chi connectivity index (χ3v) is 5.46. The highest BCUT2D eigenvalue weighted by molar-refractivity contribution is 5.85. The fraction of sp³-hybridized carbons (Fsp3) is 0.611. The van der Waals surface area contributed by atoms with E-state index >= 15 is 0 Å². The van der Waals surface area contributed by atoms with E-state index in [1.807, 2.05) is 0 Å². The van der Waals surface area contributed by atoms with Gasteiger partial charge in [0.25, 0.3) is 0 Å². The molecule has 1 aromatic rings. The first-order valence-electron chi connectivity index (χ1n) is 8.29. The zero-order valence-corrected chi connectivity index (χ0v) is 14.0. The smallest absolute Gasteiger partial charge is 0.230 e. The molecule has 122 valence electrons. The topological polar surface area (TPSA) is 46.3 Å². The van der Waals surface area contributed by atoms with Crippen molar-refractivity contribution in [3.8, 4) is 0 Å². The van der Waals surface area contributed by atoms with Crippen LogP contribution in [-0.2, 0) is 4.79 Å². The van der Waals surface area contributed by atoms with Gasteiger partial charge in [0.2, 0.25) is 5.91 Å². The molecule has 0 bridgehead atoms. The number of rotatable bonds is 3. The van der Waals surface area contributed by atoms with Crippen molar-refractivity contribution in [2.24, 2.45) is 11.1 Å². The first-order chi connectivity index (χ1) is 10.2. The Hall–Kier alpha value is -1.06. The van der Waals surface area contributed by atoms with Crippen molar-refractivity contribution in [2.45, 2.75) is 44.4 Å². The number of halogens is 1. The summed E-state index contributed by atoms with van der Waals surface area (Å²) in [7, 11) is 0. The second-order valence-corrected chi connectivity index (χ2v) is 6.67. The Kier molecular flexibility index (Phi) is 5.87. The first kappa shape index (κ1) is 17.3. The van der Waals surface area contributed by atoms with Gasteiger partial charge in [-0.25, -0.2) is 0 Å². The van der Waals surface area contributed by atoms with Crippen molar-refractivity contribution in [1.82, 2.24) is 4.90 Å². The molecule has 2 fully saturated rings. The molecule has 1 saturated carbocycles. The number of amides is 1. The van der Waals surface area contributed by atoms with Crippen LogP contribution in [0.2, 0.25) is 0 Å². The molecular formula is C18H27ClN2O. The number of carbonyl (C=O) groups is 1. The number of nitrogens with two attached hydrogens (primary N) is 1. The lowest BCUT2D eigenvalue weighted by atomic mass is 9.83. The molecule has 0 atom stereocenters. The lowest BCUT2D eigenvalue weighted by molar-refractivity contribution is -0.142. The summed E-state index contributed by atoms with van der Waals surface area (Å²) >= 11 is 0. The Morgan fingerprint density at radius 2 is 1.73 bits per heavy atom. The van der Waals surface area contributed by atoms with Gasteiger partial charge in [-0.15, -0.1) is 12.4 Å². The number of hydrogen-bond acceptors (Lipinski definition) is 2. The Balaban J connectivity index is 0.00000176. The summed E-state index contributed by atoms with van der Waals surface area (Å²) in [5.74, 6) is 0.932. The van der Waals surface area contributed by atoms with E-state index in [9.17, 15) is 4.79 Å². The Morgan fingerprint density at radius 1 is 1.14 bits per heavy atom. The lowest BCUT2D eigenvalue weighted by Crippen LogP contribution is -2.49. The first-order valence-corrected chi connectivity index (χ1v) is 8.29. The number of likely N-dealkylation sites (tertiary alicyclic amines) is 1. The summed E-state index contributed by atoms with van der Waals surface area (Å²) in [5.41, 5.74) is 7.13. The van der Waals surface area contributed by atoms with Crippen LogP contribution in [0.1, 0.15) is 50.0 Å². The maximum Gasteiger partial charge on any atom is 0.230 e. The van der Waals surface area contributed by atoms with Crippen molar-refractivity contribution >= 4 is 18.3 Å². The van der Waals surface area contributed by atoms with E-state index in [1.165, 1.54) is 5.56 Å². The molecule has 3 rings (SSSR count). The van der Waals surface area contributed by atoms with Crippen LogP contribution in [0.15, 0.2) is 30.3 Å². The van der Waals surface area contributed by atoms with Crippen LogP contribution in [0, 0.1) is 5.41 Å². The average Bonchev–Trinajstić information content (AvgIpc) is 3.05. The minimum absolute atomic E-state index is 0. The second-order valence-electron chi connectivity index (χ2n) is 6.67. The predicted molar refractivity (Wildman–Crippen MR) is 92.2 cm³/mol. The molecule has 22 heavy (non-hydrogen) atoms. The van der Waals surface area contributed by atoms with E-state index in [0.29, 0.717) is 18.4 Å². The van der Waals surface area contributed by atoms with E-state index in [4.69, 9.17) is 5.73 Å². The molecule has 0 unspecified atom stereocenters. The molecule has 1 aromatic carbocycles. The minimum atomic E-state index is -0.237. The highest BCUT2D eigenvalue weighted by atomic mass is 35.5. The zero-order chi connectivity index (χ0) is 14.7. The van der Waals surface area contributed by atoms with Gasteiger partial charge in [0, 0.05) is 19.6 Å². The fourth-order valence-electron chi connectivity index (χ4n) is 4.03. The minimum Gasteiger partial charge on any atom is -0.342 e. The quantitative estimate of drug-likeness (QED) is 0.927. The van der Waals surface area contributed by atoms with Crippen molar-refractivity contribution in [1.29, 1.82) is 0 Å². The number of hydrogen-bond donors (Lipinski definition) is 1. The van der Waals surface area contributed by atoms with Gasteiger partial charge in [-0.05, 0) is 37.2 Å². The molecule has 1 aliphatic heterocycles. The third-order valence-electron chi connectivity index (χ3n) is 5.46. The van der Waals surface area contributed by atoms with Crippen molar-refractivity contribution < 1.29 is 4.79 Å². The van der Waals surface area contributed by atoms with Gasteiger partial charge in [-0.3, -0.25) is 4.79 Å². The van der Waals surface area contributed by atoms with E-state index in [0.717, 1.165) is 51.6 Å². The molecule has 3 nitrogen and oxygen atoms in total. The van der Waals surface area contributed by atoms with Crippen LogP contribution in [0.5, 0.6) is 0 Å². The van der Waals surface area contributed by atoms with E-state index in [1.54, 1.807) is 0 Å². The highest BCUT2D eigenvalue weighted by Crippen LogP contribution is 2.40. The zero-order valence-electron chi connectivity index (χ0n) is 13.2. The molecular weight excluding hydrogens is 296 g/mol. The highest BCUT2D eigenvalue weighted by Gasteiger charge is 2.42. The summed E-state index contributed by atoms with van der Waals surface area (Å²) in [6, 6.07) is 10.7. The third kappa shape index (κ3) is 3.31. The number of piperidine rings is 1. The average molecular weight is 323 g/mol. The molecule has 1 heterocycles. The Morgan fingerprint density at radius 3 is 2.27 bits per heavy atom. The van der Waals surface area contributed by atoms with Gasteiger partial charge < -0.3 is 10.6 Å². The van der Waals surface area contributed by atoms with Crippen LogP contribution in [0.25, 0.3) is 0 Å². The predicted octanol–water partition coefficient (Wildman–Crippen LogP) is 3.33. The summed E-state index contributed by atoms with van der Waals surface area (Å²) in [6.45, 7) is 2.30. The molecule has 0 spiro atoms. The van der Waals surface area contributed by atoms with Gasteiger partial charge in [0.15, 0.2) is 0 Å². The van der Waals surface area contributed by atoms with Crippen molar-refractivity contribution in [3.63, 3.8) is 0 Å². The van der Waals surface area contributed by atoms with E-state index in [2.05, 4.69) is 35.2 Å². The summed E-state index contributed by atoms with van der Waals surface area (Å²) in [4.78, 5) is 14.9. The Labute approximate surface area is 139 Å². The molecule has 2 N–H and O–H groups in total. The van der Waals surface area contributed by atoms with Crippen LogP contribution in [-0.4, -0.2) is 30.4 Å². The summed E-state index contributed by atoms with van der Waals surface area (Å²) < 4.78 is 0. The van der Waals surface area contributed by atoms with Gasteiger partial charge in [-0.1, -0.05) is 43.2 Å². The Bertz CT molecular complexity index is 477. The normalized spacial score (nSPS) is 21.4. The summed E-state index contributed by atoms with van der Waals surface area (Å²) in [6.07, 6.45) is 6.45. The monoisotopic (exact) mass is 322 g/mol. The van der Waals surface area contributed by atoms with Gasteiger partial charge in [-0.2, -0.15) is 0 Å². The largest absolute Gasteiger partial charge is 0.342 e. The van der Waals surface area contributed by atoms with Gasteiger partial charge in [0.1, 0.15) is 0 Å². The molecule has 0 aromatic heterocycles. The number of carbonyl (C=O) groups excluding carboxylic acids is 1. The van der Waals surface area contributed by atoms with Crippen molar-refractivity contribution in [2.75, 3.05) is 19.6 Å². The standard InChI is InChI=1S/C18H26N2O.ClH/c19-14-18(10-4-5-11-18)17(21)20-12-8-16(9-13-20)15-6-2-1-3-7-15;/h1-3,6-7,16H,4-5,8-14,19H2;1H. The van der Waals surface area contributed by atoms with E-state index < -0.39 is 0 Å². The molecule has 1 saturated heterocycles. The van der Waals surface area contributed by atoms with Crippen LogP contribution in [0.3, 0.4) is 0 Å². The molecule has 1 amide bonds. The van der Waals surface area contributed by atoms with E-state index in [-0.39, 0.29) is 17.8 Å².